The Morgan fingerprint density at radius 3 is 2.76 bits per heavy atom. The number of pyridine rings is 1. The molecule has 21 heavy (non-hydrogen) atoms. The zero-order valence-electron chi connectivity index (χ0n) is 10.1. The van der Waals surface area contributed by atoms with Crippen LogP contribution in [0.5, 0.6) is 11.6 Å². The highest BCUT2D eigenvalue weighted by Crippen LogP contribution is 2.29. The first-order valence-corrected chi connectivity index (χ1v) is 6.18. The van der Waals surface area contributed by atoms with E-state index in [1.807, 2.05) is 0 Å². The Hall–Kier alpha value is -2.55. The minimum absolute atomic E-state index is 0.256. The molecule has 1 aromatic heterocycles. The quantitative estimate of drug-likeness (QED) is 0.665. The molecule has 2 rings (SSSR count). The molecule has 0 aliphatic carbocycles. The molecule has 0 spiro atoms. The molecule has 0 aliphatic heterocycles. The van der Waals surface area contributed by atoms with Crippen LogP contribution in [0.25, 0.3) is 0 Å². The van der Waals surface area contributed by atoms with Gasteiger partial charge in [0, 0.05) is 10.5 Å². The number of benzene rings is 1. The van der Waals surface area contributed by atoms with E-state index in [1.54, 1.807) is 0 Å². The van der Waals surface area contributed by atoms with E-state index in [9.17, 15) is 19.3 Å². The third-order valence-corrected chi connectivity index (χ3v) is 2.87. The molecule has 0 saturated heterocycles. The number of ether oxygens (including phenoxy) is 1. The molecule has 0 bridgehead atoms. The zero-order valence-corrected chi connectivity index (χ0v) is 11.7. The summed E-state index contributed by atoms with van der Waals surface area (Å²) >= 11 is 3.12. The van der Waals surface area contributed by atoms with Gasteiger partial charge in [0.05, 0.1) is 4.92 Å². The molecule has 108 valence electrons. The second kappa shape index (κ2) is 5.83. The number of hydrogen-bond donors (Lipinski definition) is 1. The number of nitro groups is 1. The minimum atomic E-state index is -1.48. The van der Waals surface area contributed by atoms with Crippen LogP contribution >= 0.6 is 15.9 Å². The largest absolute Gasteiger partial charge is 0.477 e. The minimum Gasteiger partial charge on any atom is -0.477 e. The van der Waals surface area contributed by atoms with Crippen molar-refractivity contribution in [2.24, 2.45) is 0 Å². The fourth-order valence-corrected chi connectivity index (χ4v) is 1.78. The van der Waals surface area contributed by atoms with Gasteiger partial charge in [0.2, 0.25) is 5.88 Å². The molecule has 7 nitrogen and oxygen atoms in total. The molecule has 0 radical (unpaired) electrons. The zero-order chi connectivity index (χ0) is 15.6. The summed E-state index contributed by atoms with van der Waals surface area (Å²) in [5, 5.41) is 19.6. The highest BCUT2D eigenvalue weighted by molar-refractivity contribution is 9.10. The maximum atomic E-state index is 13.6. The van der Waals surface area contributed by atoms with Crippen LogP contribution in [0.2, 0.25) is 0 Å². The van der Waals surface area contributed by atoms with Gasteiger partial charge in [-0.1, -0.05) is 15.9 Å². The number of halogens is 2. The number of carboxylic acids is 1. The van der Waals surface area contributed by atoms with E-state index < -0.39 is 33.8 Å². The van der Waals surface area contributed by atoms with Crippen molar-refractivity contribution in [3.8, 4) is 11.6 Å². The molecule has 9 heteroatoms. The lowest BCUT2D eigenvalue weighted by molar-refractivity contribution is -0.385. The Morgan fingerprint density at radius 1 is 1.43 bits per heavy atom. The summed E-state index contributed by atoms with van der Waals surface area (Å²) in [5.41, 5.74) is -1.04. The van der Waals surface area contributed by atoms with Gasteiger partial charge in [-0.15, -0.1) is 0 Å². The lowest BCUT2D eigenvalue weighted by Gasteiger charge is -2.08. The maximum Gasteiger partial charge on any atom is 0.341 e. The topological polar surface area (TPSA) is 103 Å². The summed E-state index contributed by atoms with van der Waals surface area (Å²) in [5.74, 6) is -2.90. The number of aromatic carboxylic acids is 1. The molecule has 0 amide bonds. The second-order valence-electron chi connectivity index (χ2n) is 3.79. The van der Waals surface area contributed by atoms with Crippen LogP contribution in [-0.2, 0) is 0 Å². The van der Waals surface area contributed by atoms with Crippen molar-refractivity contribution in [3.05, 3.63) is 56.4 Å². The summed E-state index contributed by atoms with van der Waals surface area (Å²) in [6.45, 7) is 0. The van der Waals surface area contributed by atoms with Crippen molar-refractivity contribution in [3.63, 3.8) is 0 Å². The Bertz CT molecular complexity index is 738. The van der Waals surface area contributed by atoms with E-state index in [0.29, 0.717) is 4.47 Å². The summed E-state index contributed by atoms with van der Waals surface area (Å²) in [6, 6.07) is 4.62. The third kappa shape index (κ3) is 3.31. The van der Waals surface area contributed by atoms with Gasteiger partial charge < -0.3 is 9.84 Å². The predicted octanol–water partition coefficient (Wildman–Crippen LogP) is 3.38. The van der Waals surface area contributed by atoms with Crippen molar-refractivity contribution in [2.45, 2.75) is 0 Å². The summed E-state index contributed by atoms with van der Waals surface area (Å²) < 4.78 is 19.2. The van der Waals surface area contributed by atoms with Gasteiger partial charge in [0.25, 0.3) is 5.69 Å². The maximum absolute atomic E-state index is 13.6. The fourth-order valence-electron chi connectivity index (χ4n) is 1.44. The van der Waals surface area contributed by atoms with Crippen molar-refractivity contribution >= 4 is 27.6 Å². The fraction of sp³-hybridized carbons (Fsp3) is 0. The van der Waals surface area contributed by atoms with Crippen LogP contribution < -0.4 is 4.74 Å². The van der Waals surface area contributed by atoms with Crippen molar-refractivity contribution in [1.82, 2.24) is 4.98 Å². The Labute approximate surface area is 125 Å². The van der Waals surface area contributed by atoms with E-state index in [1.165, 1.54) is 12.1 Å². The van der Waals surface area contributed by atoms with E-state index in [0.717, 1.165) is 18.3 Å². The smallest absolute Gasteiger partial charge is 0.341 e. The van der Waals surface area contributed by atoms with Crippen molar-refractivity contribution in [1.29, 1.82) is 0 Å². The number of aromatic nitrogens is 1. The molecule has 2 aromatic rings. The average molecular weight is 357 g/mol. The summed E-state index contributed by atoms with van der Waals surface area (Å²) in [7, 11) is 0. The van der Waals surface area contributed by atoms with Gasteiger partial charge in [-0.05, 0) is 18.2 Å². The van der Waals surface area contributed by atoms with E-state index in [4.69, 9.17) is 9.84 Å². The van der Waals surface area contributed by atoms with Crippen LogP contribution in [-0.4, -0.2) is 21.0 Å². The summed E-state index contributed by atoms with van der Waals surface area (Å²) in [6.07, 6.45) is 0.831. The SMILES string of the molecule is O=C(O)c1cc([N+](=O)[O-])cnc1Oc1cc(Br)ccc1F. The highest BCUT2D eigenvalue weighted by Gasteiger charge is 2.20. The molecule has 0 unspecified atom stereocenters. The highest BCUT2D eigenvalue weighted by atomic mass is 79.9. The van der Waals surface area contributed by atoms with Gasteiger partial charge >= 0.3 is 5.97 Å². The average Bonchev–Trinajstić information content (AvgIpc) is 2.42. The first kappa shape index (κ1) is 14.9. The molecule has 1 aromatic carbocycles. The molecule has 0 aliphatic rings. The monoisotopic (exact) mass is 356 g/mol. The number of rotatable bonds is 4. The number of carboxylic acid groups (broad SMARTS) is 1. The normalized spacial score (nSPS) is 10.2. The Kier molecular flexibility index (Phi) is 4.13. The van der Waals surface area contributed by atoms with Gasteiger partial charge in [0.1, 0.15) is 11.8 Å². The van der Waals surface area contributed by atoms with Crippen molar-refractivity contribution < 1.29 is 24.0 Å². The molecule has 1 N–H and O–H groups in total. The Balaban J connectivity index is 2.46. The second-order valence-corrected chi connectivity index (χ2v) is 4.70. The van der Waals surface area contributed by atoms with Gasteiger partial charge in [-0.2, -0.15) is 0 Å². The first-order valence-electron chi connectivity index (χ1n) is 5.39. The molecule has 0 fully saturated rings. The van der Waals surface area contributed by atoms with Crippen LogP contribution in [0, 0.1) is 15.9 Å². The van der Waals surface area contributed by atoms with Crippen LogP contribution in [0.3, 0.4) is 0 Å². The third-order valence-electron chi connectivity index (χ3n) is 2.38. The van der Waals surface area contributed by atoms with Gasteiger partial charge in [-0.25, -0.2) is 14.2 Å². The number of nitrogens with zero attached hydrogens (tertiary/aromatic N) is 2. The molecule has 0 saturated carbocycles. The molecule has 0 atom stereocenters. The van der Waals surface area contributed by atoms with Gasteiger partial charge in [0.15, 0.2) is 11.6 Å². The molecular weight excluding hydrogens is 351 g/mol. The lowest BCUT2D eigenvalue weighted by Crippen LogP contribution is -2.04. The van der Waals surface area contributed by atoms with Crippen LogP contribution in [0.15, 0.2) is 34.9 Å². The van der Waals surface area contributed by atoms with E-state index in [2.05, 4.69) is 20.9 Å². The van der Waals surface area contributed by atoms with Crippen molar-refractivity contribution in [2.75, 3.05) is 0 Å². The van der Waals surface area contributed by atoms with E-state index >= 15 is 0 Å². The summed E-state index contributed by atoms with van der Waals surface area (Å²) in [4.78, 5) is 24.5. The predicted molar refractivity (Wildman–Crippen MR) is 72.0 cm³/mol. The van der Waals surface area contributed by atoms with Crippen LogP contribution in [0.4, 0.5) is 10.1 Å². The van der Waals surface area contributed by atoms with Crippen LogP contribution in [0.1, 0.15) is 10.4 Å². The lowest BCUT2D eigenvalue weighted by atomic mass is 10.2. The molecule has 1 heterocycles. The molecular formula is C12H6BrFN2O5. The Morgan fingerprint density at radius 2 is 2.14 bits per heavy atom. The number of carbonyl (C=O) groups is 1. The standard InChI is InChI=1S/C12H6BrFN2O5/c13-6-1-2-9(14)10(3-6)21-11-8(12(17)18)4-7(5-15-11)16(19)20/h1-5H,(H,17,18). The van der Waals surface area contributed by atoms with Gasteiger partial charge in [-0.3, -0.25) is 10.1 Å². The number of hydrogen-bond acceptors (Lipinski definition) is 5. The van der Waals surface area contributed by atoms with E-state index in [-0.39, 0.29) is 5.75 Å². The first-order chi connectivity index (χ1) is 9.88.